The Hall–Kier alpha value is -3.94. The lowest BCUT2D eigenvalue weighted by molar-refractivity contribution is 0.0597. The highest BCUT2D eigenvalue weighted by atomic mass is 16.5. The summed E-state index contributed by atoms with van der Waals surface area (Å²) in [7, 11) is 4.28. The molecule has 0 unspecified atom stereocenters. The summed E-state index contributed by atoms with van der Waals surface area (Å²) in [4.78, 5) is 26.3. The predicted molar refractivity (Wildman–Crippen MR) is 142 cm³/mol. The van der Waals surface area contributed by atoms with E-state index in [1.807, 2.05) is 13.8 Å². The van der Waals surface area contributed by atoms with Gasteiger partial charge in [-0.3, -0.25) is 4.79 Å². The third-order valence-corrected chi connectivity index (χ3v) is 5.93. The minimum atomic E-state index is -0.749. The Balaban J connectivity index is 2.55. The summed E-state index contributed by atoms with van der Waals surface area (Å²) in [5.41, 5.74) is 0.836. The van der Waals surface area contributed by atoms with Crippen LogP contribution in [0.4, 0.5) is 0 Å². The lowest BCUT2D eigenvalue weighted by Gasteiger charge is -2.21. The molecule has 0 aliphatic heterocycles. The fourth-order valence-electron chi connectivity index (χ4n) is 4.17. The van der Waals surface area contributed by atoms with Crippen LogP contribution in [-0.2, 0) is 4.74 Å². The molecule has 0 amide bonds. The molecule has 0 aromatic heterocycles. The zero-order valence-electron chi connectivity index (χ0n) is 22.2. The topological polar surface area (TPSA) is 101 Å². The number of phenolic OH excluding ortho intramolecular Hbond substituents is 1. The van der Waals surface area contributed by atoms with Crippen LogP contribution in [0.25, 0.3) is 21.9 Å². The van der Waals surface area contributed by atoms with Crippen LogP contribution in [0.15, 0.2) is 30.3 Å². The van der Waals surface area contributed by atoms with Crippen molar-refractivity contribution in [1.29, 1.82) is 0 Å². The normalized spacial score (nSPS) is 10.8. The number of aromatic hydroxyl groups is 1. The average molecular weight is 511 g/mol. The van der Waals surface area contributed by atoms with Crippen molar-refractivity contribution in [3.63, 3.8) is 0 Å². The fraction of sp³-hybridized carbons (Fsp3) is 0.379. The average Bonchev–Trinajstić information content (AvgIpc) is 2.93. The zero-order valence-corrected chi connectivity index (χ0v) is 22.2. The molecule has 0 atom stereocenters. The van der Waals surface area contributed by atoms with Gasteiger partial charge in [0, 0.05) is 17.4 Å². The first kappa shape index (κ1) is 27.6. The van der Waals surface area contributed by atoms with E-state index in [1.165, 1.54) is 21.3 Å². The van der Waals surface area contributed by atoms with Gasteiger partial charge in [-0.15, -0.1) is 0 Å². The molecule has 1 N–H and O–H groups in total. The van der Waals surface area contributed by atoms with E-state index in [4.69, 9.17) is 23.7 Å². The second-order valence-electron chi connectivity index (χ2n) is 8.35. The number of ether oxygens (including phenoxy) is 5. The number of hydrogen-bond donors (Lipinski definition) is 1. The molecule has 8 nitrogen and oxygen atoms in total. The van der Waals surface area contributed by atoms with Crippen molar-refractivity contribution in [1.82, 2.24) is 0 Å². The molecule has 0 radical (unpaired) electrons. The van der Waals surface area contributed by atoms with Crippen molar-refractivity contribution in [3.05, 3.63) is 41.5 Å². The minimum absolute atomic E-state index is 0.0322. The van der Waals surface area contributed by atoms with Crippen molar-refractivity contribution in [2.75, 3.05) is 34.5 Å². The lowest BCUT2D eigenvalue weighted by Crippen LogP contribution is -2.13. The maximum Gasteiger partial charge on any atom is 0.339 e. The van der Waals surface area contributed by atoms with Crippen LogP contribution in [0.3, 0.4) is 0 Å². The molecule has 0 aliphatic carbocycles. The van der Waals surface area contributed by atoms with E-state index in [0.717, 1.165) is 12.8 Å². The van der Waals surface area contributed by atoms with E-state index in [0.29, 0.717) is 58.1 Å². The quantitative estimate of drug-likeness (QED) is 0.227. The maximum absolute atomic E-state index is 13.2. The van der Waals surface area contributed by atoms with Gasteiger partial charge in [-0.25, -0.2) is 4.79 Å². The molecular formula is C29H34O8. The van der Waals surface area contributed by atoms with Crippen LogP contribution >= 0.6 is 0 Å². The van der Waals surface area contributed by atoms with Gasteiger partial charge in [0.25, 0.3) is 0 Å². The molecular weight excluding hydrogens is 476 g/mol. The first-order chi connectivity index (χ1) is 17.9. The van der Waals surface area contributed by atoms with Crippen molar-refractivity contribution in [2.45, 2.75) is 40.0 Å². The minimum Gasteiger partial charge on any atom is -0.507 e. The summed E-state index contributed by atoms with van der Waals surface area (Å²) in [5.74, 6) is 0.387. The van der Waals surface area contributed by atoms with Gasteiger partial charge >= 0.3 is 5.97 Å². The summed E-state index contributed by atoms with van der Waals surface area (Å²) in [6, 6.07) is 8.57. The molecule has 3 rings (SSSR count). The highest BCUT2D eigenvalue weighted by molar-refractivity contribution is 6.20. The van der Waals surface area contributed by atoms with Crippen molar-refractivity contribution in [3.8, 4) is 39.9 Å². The van der Waals surface area contributed by atoms with Crippen LogP contribution < -0.4 is 18.9 Å². The Morgan fingerprint density at radius 3 is 1.86 bits per heavy atom. The number of phenols is 1. The molecule has 8 heteroatoms. The first-order valence-electron chi connectivity index (χ1n) is 12.3. The number of carbonyl (C=O) groups excluding carboxylic acids is 2. The number of Topliss-reactive ketones (excluding diaryl/α,β-unsaturated/α-hetero) is 1. The summed E-state index contributed by atoms with van der Waals surface area (Å²) >= 11 is 0. The third-order valence-electron chi connectivity index (χ3n) is 5.93. The number of rotatable bonds is 12. The number of carbonyl (C=O) groups is 2. The third kappa shape index (κ3) is 5.43. The Morgan fingerprint density at radius 2 is 1.35 bits per heavy atom. The SMILES string of the molecule is CCCOc1cc2c(O)c(C(=O)CC)c(C(=O)OC)c(-c3ccc(OC)c(OC)c3)c2cc1OCCC. The molecule has 0 aliphatic rings. The van der Waals surface area contributed by atoms with Gasteiger partial charge in [0.2, 0.25) is 0 Å². The first-order valence-corrected chi connectivity index (χ1v) is 12.3. The maximum atomic E-state index is 13.2. The van der Waals surface area contributed by atoms with Gasteiger partial charge < -0.3 is 28.8 Å². The monoisotopic (exact) mass is 510 g/mol. The molecule has 0 heterocycles. The van der Waals surface area contributed by atoms with Gasteiger partial charge in [0.05, 0.1) is 45.7 Å². The van der Waals surface area contributed by atoms with Crippen LogP contribution in [-0.4, -0.2) is 51.4 Å². The Kier molecular flexibility index (Phi) is 9.22. The number of methoxy groups -OCH3 is 3. The van der Waals surface area contributed by atoms with E-state index in [-0.39, 0.29) is 23.3 Å². The van der Waals surface area contributed by atoms with Crippen LogP contribution in [0, 0.1) is 0 Å². The van der Waals surface area contributed by atoms with Crippen molar-refractivity contribution >= 4 is 22.5 Å². The van der Waals surface area contributed by atoms with Crippen molar-refractivity contribution in [2.24, 2.45) is 0 Å². The van der Waals surface area contributed by atoms with Crippen LogP contribution in [0.5, 0.6) is 28.7 Å². The molecule has 3 aromatic rings. The van der Waals surface area contributed by atoms with Gasteiger partial charge in [0.15, 0.2) is 28.8 Å². The van der Waals surface area contributed by atoms with E-state index in [2.05, 4.69) is 0 Å². The number of esters is 1. The van der Waals surface area contributed by atoms with Gasteiger partial charge in [-0.05, 0) is 48.1 Å². The number of benzene rings is 3. The van der Waals surface area contributed by atoms with E-state index >= 15 is 0 Å². The molecule has 0 spiro atoms. The van der Waals surface area contributed by atoms with Crippen LogP contribution in [0.2, 0.25) is 0 Å². The van der Waals surface area contributed by atoms with E-state index in [1.54, 1.807) is 37.3 Å². The zero-order chi connectivity index (χ0) is 27.1. The largest absolute Gasteiger partial charge is 0.507 e. The Morgan fingerprint density at radius 1 is 0.757 bits per heavy atom. The second kappa shape index (κ2) is 12.3. The molecule has 198 valence electrons. The Labute approximate surface area is 217 Å². The fourth-order valence-corrected chi connectivity index (χ4v) is 4.17. The second-order valence-corrected chi connectivity index (χ2v) is 8.35. The number of ketones is 1. The summed E-state index contributed by atoms with van der Waals surface area (Å²) in [5, 5.41) is 12.2. The van der Waals surface area contributed by atoms with Crippen LogP contribution in [0.1, 0.15) is 60.7 Å². The molecule has 0 bridgehead atoms. The smallest absolute Gasteiger partial charge is 0.339 e. The summed E-state index contributed by atoms with van der Waals surface area (Å²) in [6.07, 6.45) is 1.62. The summed E-state index contributed by atoms with van der Waals surface area (Å²) < 4.78 is 27.9. The molecule has 0 saturated carbocycles. The van der Waals surface area contributed by atoms with Gasteiger partial charge in [-0.1, -0.05) is 26.8 Å². The molecule has 37 heavy (non-hydrogen) atoms. The number of hydrogen-bond acceptors (Lipinski definition) is 8. The Bertz CT molecular complexity index is 1300. The highest BCUT2D eigenvalue weighted by Crippen LogP contribution is 2.47. The van der Waals surface area contributed by atoms with Gasteiger partial charge in [0.1, 0.15) is 5.75 Å². The van der Waals surface area contributed by atoms with Crippen molar-refractivity contribution < 1.29 is 38.4 Å². The standard InChI is InChI=1S/C29H34O8/c1-7-12-36-23-15-18-19(16-24(23)37-13-8-2)28(31)26(20(30)9-3)27(29(32)35-6)25(18)17-10-11-21(33-4)22(14-17)34-5/h10-11,14-16,31H,7-9,12-13H2,1-6H3. The molecule has 3 aromatic carbocycles. The predicted octanol–water partition coefficient (Wildman–Crippen LogP) is 6.19. The molecule has 0 saturated heterocycles. The van der Waals surface area contributed by atoms with E-state index in [9.17, 15) is 14.7 Å². The lowest BCUT2D eigenvalue weighted by atomic mass is 9.86. The van der Waals surface area contributed by atoms with E-state index < -0.39 is 11.8 Å². The highest BCUT2D eigenvalue weighted by Gasteiger charge is 2.30. The number of fused-ring (bicyclic) bond motifs is 1. The van der Waals surface area contributed by atoms with Gasteiger partial charge in [-0.2, -0.15) is 0 Å². The molecule has 0 fully saturated rings. The summed E-state index contributed by atoms with van der Waals surface area (Å²) in [6.45, 7) is 6.54.